The summed E-state index contributed by atoms with van der Waals surface area (Å²) in [7, 11) is -4.08. The molecule has 3 aliphatic rings. The Labute approximate surface area is 280 Å². The summed E-state index contributed by atoms with van der Waals surface area (Å²) in [5.41, 5.74) is 2.85. The van der Waals surface area contributed by atoms with E-state index < -0.39 is 26.8 Å². The number of nitrogens with one attached hydrogen (secondary N) is 1. The lowest BCUT2D eigenvalue weighted by atomic mass is 9.63. The molecule has 3 aromatic rings. The summed E-state index contributed by atoms with van der Waals surface area (Å²) in [6.45, 7) is 9.11. The van der Waals surface area contributed by atoms with Crippen LogP contribution in [0.15, 0.2) is 66.1 Å². The molecule has 0 radical (unpaired) electrons. The first-order valence-electron chi connectivity index (χ1n) is 15.8. The molecule has 2 bridgehead atoms. The van der Waals surface area contributed by atoms with Crippen LogP contribution < -0.4 is 14.4 Å². The standard InChI is InChI=1S/C35H40ClN3O5S2/c1-22-7-6-15-35(41,33-21-45-24(3)37-33)30-13-10-27(30)19-39-16-5-4-8-25-17-29(36)12-9-28(25)20-44-32-14-11-26(18-31(32)39)34(40)38-46(42,43)23(22)2/h6,9,11-12,14-15,17-18,21,23,27,30,41H,1,4-5,7-8,10,13,16,19-20H2,2-3H3,(H,38,40)/b15-6+/t23-,27+,30-,35+/m1/s1. The number of benzene rings is 2. The predicted molar refractivity (Wildman–Crippen MR) is 183 cm³/mol. The molecule has 0 unspecified atom stereocenters. The molecule has 11 heteroatoms. The number of halogens is 1. The van der Waals surface area contributed by atoms with E-state index in [4.69, 9.17) is 21.3 Å². The van der Waals surface area contributed by atoms with E-state index >= 15 is 0 Å². The third kappa shape index (κ3) is 6.63. The molecule has 0 spiro atoms. The van der Waals surface area contributed by atoms with E-state index in [9.17, 15) is 18.3 Å². The summed E-state index contributed by atoms with van der Waals surface area (Å²) < 4.78 is 35.3. The smallest absolute Gasteiger partial charge is 0.264 e. The quantitative estimate of drug-likeness (QED) is 0.275. The Hall–Kier alpha value is -3.18. The fraction of sp³-hybridized carbons (Fsp3) is 0.429. The Balaban J connectivity index is 1.43. The minimum Gasteiger partial charge on any atom is -0.487 e. The van der Waals surface area contributed by atoms with Crippen LogP contribution in [0.1, 0.15) is 71.2 Å². The number of rotatable bonds is 1. The van der Waals surface area contributed by atoms with Crippen LogP contribution >= 0.6 is 22.9 Å². The SMILES string of the molecule is C=C1C/C=C/[C@@](O)(c2csc(C)n2)[C@@H]2CC[C@H]2CN2CCCCc3cc(Cl)ccc3COc3ccc(cc32)C(=O)NS(=O)(=O)[C@@H]1C. The van der Waals surface area contributed by atoms with Gasteiger partial charge in [0.15, 0.2) is 0 Å². The Morgan fingerprint density at radius 2 is 2.00 bits per heavy atom. The van der Waals surface area contributed by atoms with Crippen molar-refractivity contribution in [1.29, 1.82) is 0 Å². The molecule has 1 aromatic heterocycles. The van der Waals surface area contributed by atoms with Gasteiger partial charge in [0.2, 0.25) is 10.0 Å². The summed E-state index contributed by atoms with van der Waals surface area (Å²) >= 11 is 7.84. The number of hydrogen-bond acceptors (Lipinski definition) is 8. The molecule has 1 aliphatic carbocycles. The summed E-state index contributed by atoms with van der Waals surface area (Å²) in [5, 5.41) is 14.8. The van der Waals surface area contributed by atoms with Gasteiger partial charge in [0.1, 0.15) is 18.0 Å². The number of nitrogens with zero attached hydrogens (tertiary/aromatic N) is 2. The van der Waals surface area contributed by atoms with Crippen LogP contribution in [0.25, 0.3) is 0 Å². The molecule has 1 amide bonds. The number of aliphatic hydroxyl groups is 1. The first kappa shape index (κ1) is 32.7. The molecular formula is C35H40ClN3O5S2. The van der Waals surface area contributed by atoms with Gasteiger partial charge in [0, 0.05) is 35.0 Å². The largest absolute Gasteiger partial charge is 0.487 e. The zero-order valence-electron chi connectivity index (χ0n) is 26.2. The summed E-state index contributed by atoms with van der Waals surface area (Å²) in [4.78, 5) is 20.4. The molecule has 4 atom stereocenters. The first-order valence-corrected chi connectivity index (χ1v) is 18.6. The van der Waals surface area contributed by atoms with Crippen molar-refractivity contribution < 1.29 is 23.1 Å². The van der Waals surface area contributed by atoms with Crippen molar-refractivity contribution in [3.63, 3.8) is 0 Å². The molecule has 2 N–H and O–H groups in total. The lowest BCUT2D eigenvalue weighted by Gasteiger charge is -2.47. The molecule has 244 valence electrons. The highest BCUT2D eigenvalue weighted by atomic mass is 35.5. The second-order valence-corrected chi connectivity index (χ2v) is 16.2. The van der Waals surface area contributed by atoms with Gasteiger partial charge in [0.05, 0.1) is 21.6 Å². The van der Waals surface area contributed by atoms with Gasteiger partial charge in [-0.2, -0.15) is 0 Å². The summed E-state index contributed by atoms with van der Waals surface area (Å²) in [6, 6.07) is 10.9. The van der Waals surface area contributed by atoms with Crippen LogP contribution in [0.2, 0.25) is 5.02 Å². The van der Waals surface area contributed by atoms with Gasteiger partial charge in [-0.15, -0.1) is 11.3 Å². The molecule has 8 nitrogen and oxygen atoms in total. The van der Waals surface area contributed by atoms with E-state index in [1.165, 1.54) is 18.3 Å². The number of amides is 1. The van der Waals surface area contributed by atoms with Gasteiger partial charge in [-0.3, -0.25) is 4.79 Å². The second kappa shape index (κ2) is 13.1. The molecule has 2 aromatic carbocycles. The van der Waals surface area contributed by atoms with E-state index in [1.807, 2.05) is 30.5 Å². The summed E-state index contributed by atoms with van der Waals surface area (Å²) in [5.74, 6) is -0.0631. The topological polar surface area (TPSA) is 109 Å². The monoisotopic (exact) mass is 681 g/mol. The first-order chi connectivity index (χ1) is 21.9. The van der Waals surface area contributed by atoms with Gasteiger partial charge >= 0.3 is 0 Å². The highest BCUT2D eigenvalue weighted by Gasteiger charge is 2.48. The minimum atomic E-state index is -4.08. The second-order valence-electron chi connectivity index (χ2n) is 12.7. The van der Waals surface area contributed by atoms with Crippen LogP contribution in [-0.2, 0) is 28.7 Å². The lowest BCUT2D eigenvalue weighted by Crippen LogP contribution is -2.48. The van der Waals surface area contributed by atoms with Crippen molar-refractivity contribution in [1.82, 2.24) is 9.71 Å². The average molecular weight is 682 g/mol. The number of sulfonamides is 1. The van der Waals surface area contributed by atoms with Gasteiger partial charge in [-0.1, -0.05) is 42.0 Å². The average Bonchev–Trinajstić information content (AvgIpc) is 3.44. The van der Waals surface area contributed by atoms with Gasteiger partial charge in [-0.05, 0) is 99.7 Å². The number of fused-ring (bicyclic) bond motifs is 3. The highest BCUT2D eigenvalue weighted by molar-refractivity contribution is 7.90. The number of anilines is 1. The molecule has 2 aliphatic heterocycles. The van der Waals surface area contributed by atoms with E-state index in [1.54, 1.807) is 30.4 Å². The highest BCUT2D eigenvalue weighted by Crippen LogP contribution is 2.49. The van der Waals surface area contributed by atoms with Crippen molar-refractivity contribution in [2.75, 3.05) is 18.0 Å². The van der Waals surface area contributed by atoms with E-state index in [-0.39, 0.29) is 23.8 Å². The van der Waals surface area contributed by atoms with Gasteiger partial charge in [-0.25, -0.2) is 18.1 Å². The zero-order valence-corrected chi connectivity index (χ0v) is 28.6. The molecule has 6 rings (SSSR count). The van der Waals surface area contributed by atoms with E-state index in [0.717, 1.165) is 53.9 Å². The van der Waals surface area contributed by atoms with Crippen LogP contribution in [0.3, 0.4) is 0 Å². The van der Waals surface area contributed by atoms with Crippen LogP contribution in [-0.4, -0.2) is 42.8 Å². The molecular weight excluding hydrogens is 642 g/mol. The van der Waals surface area contributed by atoms with E-state index in [0.29, 0.717) is 41.7 Å². The molecule has 3 heterocycles. The maximum Gasteiger partial charge on any atom is 0.264 e. The minimum absolute atomic E-state index is 0.104. The third-order valence-corrected chi connectivity index (χ3v) is 12.5. The van der Waals surface area contributed by atoms with Crippen molar-refractivity contribution >= 4 is 44.6 Å². The van der Waals surface area contributed by atoms with Crippen molar-refractivity contribution in [3.05, 3.63) is 98.5 Å². The number of aromatic nitrogens is 1. The molecule has 0 saturated heterocycles. The number of thiazole rings is 1. The number of carbonyl (C=O) groups excluding carboxylic acids is 1. The Kier molecular flexibility index (Phi) is 9.36. The molecule has 1 saturated carbocycles. The Morgan fingerprint density at radius 3 is 2.74 bits per heavy atom. The van der Waals surface area contributed by atoms with E-state index in [2.05, 4.69) is 16.2 Å². The van der Waals surface area contributed by atoms with Crippen LogP contribution in [0, 0.1) is 18.8 Å². The van der Waals surface area contributed by atoms with Crippen LogP contribution in [0.4, 0.5) is 5.69 Å². The number of aryl methyl sites for hydroxylation is 2. The Morgan fingerprint density at radius 1 is 1.17 bits per heavy atom. The number of carbonyl (C=O) groups is 1. The summed E-state index contributed by atoms with van der Waals surface area (Å²) in [6.07, 6.45) is 8.22. The fourth-order valence-electron chi connectivity index (χ4n) is 6.73. The number of ether oxygens (including phenoxy) is 1. The van der Waals surface area contributed by atoms with Crippen LogP contribution in [0.5, 0.6) is 5.75 Å². The maximum absolute atomic E-state index is 13.4. The zero-order chi connectivity index (χ0) is 32.6. The van der Waals surface area contributed by atoms with Crippen molar-refractivity contribution in [3.8, 4) is 5.75 Å². The number of allylic oxidation sites excluding steroid dienone is 1. The number of hydrogen-bond donors (Lipinski definition) is 2. The maximum atomic E-state index is 13.4. The molecule has 1 fully saturated rings. The van der Waals surface area contributed by atoms with Crippen molar-refractivity contribution in [2.24, 2.45) is 11.8 Å². The third-order valence-electron chi connectivity index (χ3n) is 9.73. The molecule has 46 heavy (non-hydrogen) atoms. The van der Waals surface area contributed by atoms with Gasteiger partial charge < -0.3 is 14.7 Å². The lowest BCUT2D eigenvalue weighted by molar-refractivity contribution is -0.0524. The predicted octanol–water partition coefficient (Wildman–Crippen LogP) is 6.70. The fourth-order valence-corrected chi connectivity index (χ4v) is 8.69. The Bertz CT molecular complexity index is 1790. The van der Waals surface area contributed by atoms with Crippen molar-refractivity contribution in [2.45, 2.75) is 69.8 Å². The normalized spacial score (nSPS) is 27.6. The van der Waals surface area contributed by atoms with Gasteiger partial charge in [0.25, 0.3) is 5.91 Å².